The van der Waals surface area contributed by atoms with E-state index in [9.17, 15) is 14.0 Å². The maximum atomic E-state index is 13.0. The maximum absolute atomic E-state index is 13.0. The second kappa shape index (κ2) is 4.74. The van der Waals surface area contributed by atoms with E-state index in [1.807, 2.05) is 0 Å². The maximum Gasteiger partial charge on any atom is 0.314 e. The lowest BCUT2D eigenvalue weighted by molar-refractivity contribution is -0.139. The van der Waals surface area contributed by atoms with Crippen LogP contribution in [0.1, 0.15) is 17.3 Å². The molecule has 0 aromatic heterocycles. The summed E-state index contributed by atoms with van der Waals surface area (Å²) in [7, 11) is 1.33. The van der Waals surface area contributed by atoms with E-state index in [0.717, 1.165) is 12.1 Å². The lowest BCUT2D eigenvalue weighted by Crippen LogP contribution is -2.21. The Kier molecular flexibility index (Phi) is 3.60. The average molecular weight is 226 g/mol. The monoisotopic (exact) mass is 226 g/mol. The van der Waals surface area contributed by atoms with Gasteiger partial charge >= 0.3 is 5.97 Å². The molecule has 0 amide bonds. The van der Waals surface area contributed by atoms with E-state index < -0.39 is 23.5 Å². The van der Waals surface area contributed by atoms with Gasteiger partial charge < -0.3 is 9.84 Å². The number of halogens is 1. The van der Waals surface area contributed by atoms with Gasteiger partial charge in [-0.2, -0.15) is 0 Å². The Bertz CT molecular complexity index is 428. The Labute approximate surface area is 91.7 Å². The van der Waals surface area contributed by atoms with Gasteiger partial charge in [0.15, 0.2) is 5.78 Å². The van der Waals surface area contributed by atoms with Gasteiger partial charge in [0.1, 0.15) is 17.5 Å². The van der Waals surface area contributed by atoms with Gasteiger partial charge in [0.2, 0.25) is 0 Å². The van der Waals surface area contributed by atoms with Gasteiger partial charge in [-0.3, -0.25) is 9.59 Å². The molecule has 0 aliphatic carbocycles. The zero-order chi connectivity index (χ0) is 12.3. The van der Waals surface area contributed by atoms with Crippen LogP contribution in [0.15, 0.2) is 18.2 Å². The molecular formula is C11H11FO4. The molecular weight excluding hydrogens is 215 g/mol. The minimum atomic E-state index is -1.25. The third-order valence-corrected chi connectivity index (χ3v) is 2.19. The fourth-order valence-electron chi connectivity index (χ4n) is 1.22. The standard InChI is InChI=1S/C11H11FO4/c1-6(11(14)15)10(13)8-5-7(12)3-4-9(8)16-2/h3-6H,1-2H3,(H,14,15). The van der Waals surface area contributed by atoms with Crippen molar-refractivity contribution in [3.8, 4) is 5.75 Å². The normalized spacial score (nSPS) is 11.9. The summed E-state index contributed by atoms with van der Waals surface area (Å²) in [6.45, 7) is 1.25. The van der Waals surface area contributed by atoms with Gasteiger partial charge in [0.05, 0.1) is 12.7 Å². The molecule has 0 heterocycles. The number of carboxylic acid groups (broad SMARTS) is 1. The highest BCUT2D eigenvalue weighted by atomic mass is 19.1. The SMILES string of the molecule is COc1ccc(F)cc1C(=O)C(C)C(=O)O. The highest BCUT2D eigenvalue weighted by Crippen LogP contribution is 2.22. The number of ketones is 1. The van der Waals surface area contributed by atoms with Crippen LogP contribution in [0.5, 0.6) is 5.75 Å². The molecule has 4 nitrogen and oxygen atoms in total. The molecule has 0 bridgehead atoms. The second-order valence-electron chi connectivity index (χ2n) is 3.27. The Morgan fingerprint density at radius 2 is 2.06 bits per heavy atom. The highest BCUT2D eigenvalue weighted by Gasteiger charge is 2.25. The number of benzene rings is 1. The Balaban J connectivity index is 3.16. The molecule has 1 N–H and O–H groups in total. The molecule has 0 saturated heterocycles. The predicted molar refractivity (Wildman–Crippen MR) is 54.1 cm³/mol. The molecule has 5 heteroatoms. The van der Waals surface area contributed by atoms with E-state index in [4.69, 9.17) is 9.84 Å². The minimum Gasteiger partial charge on any atom is -0.496 e. The summed E-state index contributed by atoms with van der Waals surface area (Å²) in [5.41, 5.74) is -0.0580. The lowest BCUT2D eigenvalue weighted by atomic mass is 9.98. The third kappa shape index (κ3) is 2.36. The number of carbonyl (C=O) groups is 2. The smallest absolute Gasteiger partial charge is 0.314 e. The summed E-state index contributed by atoms with van der Waals surface area (Å²) in [4.78, 5) is 22.3. The molecule has 1 aromatic rings. The lowest BCUT2D eigenvalue weighted by Gasteiger charge is -2.09. The summed E-state index contributed by atoms with van der Waals surface area (Å²) >= 11 is 0. The number of carbonyl (C=O) groups excluding carboxylic acids is 1. The zero-order valence-electron chi connectivity index (χ0n) is 8.86. The van der Waals surface area contributed by atoms with E-state index in [0.29, 0.717) is 0 Å². The number of hydrogen-bond donors (Lipinski definition) is 1. The van der Waals surface area contributed by atoms with E-state index in [-0.39, 0.29) is 11.3 Å². The Morgan fingerprint density at radius 3 is 2.56 bits per heavy atom. The first-order valence-electron chi connectivity index (χ1n) is 4.58. The first-order valence-corrected chi connectivity index (χ1v) is 4.58. The first kappa shape index (κ1) is 12.2. The fourth-order valence-corrected chi connectivity index (χ4v) is 1.22. The molecule has 0 aliphatic heterocycles. The summed E-state index contributed by atoms with van der Waals surface area (Å²) < 4.78 is 17.8. The molecule has 1 rings (SSSR count). The minimum absolute atomic E-state index is 0.0580. The van der Waals surface area contributed by atoms with Crippen LogP contribution in [-0.4, -0.2) is 24.0 Å². The van der Waals surface area contributed by atoms with Crippen molar-refractivity contribution in [3.63, 3.8) is 0 Å². The molecule has 0 spiro atoms. The summed E-state index contributed by atoms with van der Waals surface area (Å²) in [6.07, 6.45) is 0. The van der Waals surface area contributed by atoms with Crippen molar-refractivity contribution in [2.45, 2.75) is 6.92 Å². The number of hydrogen-bond acceptors (Lipinski definition) is 3. The number of ether oxygens (including phenoxy) is 1. The molecule has 86 valence electrons. The number of aliphatic carboxylic acids is 1. The summed E-state index contributed by atoms with van der Waals surface area (Å²) in [6, 6.07) is 3.40. The third-order valence-electron chi connectivity index (χ3n) is 2.19. The van der Waals surface area contributed by atoms with Gasteiger partial charge in [-0.25, -0.2) is 4.39 Å². The van der Waals surface area contributed by atoms with Crippen LogP contribution >= 0.6 is 0 Å². The van der Waals surface area contributed by atoms with Crippen LogP contribution in [0.2, 0.25) is 0 Å². The largest absolute Gasteiger partial charge is 0.496 e. The van der Waals surface area contributed by atoms with E-state index in [1.54, 1.807) is 0 Å². The van der Waals surface area contributed by atoms with Crippen LogP contribution in [0.4, 0.5) is 4.39 Å². The second-order valence-corrected chi connectivity index (χ2v) is 3.27. The van der Waals surface area contributed by atoms with Gasteiger partial charge in [0, 0.05) is 0 Å². The molecule has 0 aliphatic rings. The van der Waals surface area contributed by atoms with Crippen LogP contribution in [0.3, 0.4) is 0 Å². The Morgan fingerprint density at radius 1 is 1.44 bits per heavy atom. The van der Waals surface area contributed by atoms with Crippen molar-refractivity contribution >= 4 is 11.8 Å². The highest BCUT2D eigenvalue weighted by molar-refractivity contribution is 6.09. The zero-order valence-corrected chi connectivity index (χ0v) is 8.86. The van der Waals surface area contributed by atoms with Crippen LogP contribution in [-0.2, 0) is 4.79 Å². The molecule has 0 radical (unpaired) electrons. The van der Waals surface area contributed by atoms with Crippen molar-refractivity contribution < 1.29 is 23.8 Å². The molecule has 16 heavy (non-hydrogen) atoms. The fraction of sp³-hybridized carbons (Fsp3) is 0.273. The van der Waals surface area contributed by atoms with Crippen molar-refractivity contribution in [3.05, 3.63) is 29.6 Å². The number of carboxylic acids is 1. The summed E-state index contributed by atoms with van der Waals surface area (Å²) in [5.74, 6) is -3.60. The topological polar surface area (TPSA) is 63.6 Å². The number of rotatable bonds is 4. The quantitative estimate of drug-likeness (QED) is 0.627. The first-order chi connectivity index (χ1) is 7.47. The molecule has 0 fully saturated rings. The van der Waals surface area contributed by atoms with E-state index >= 15 is 0 Å². The summed E-state index contributed by atoms with van der Waals surface area (Å²) in [5, 5.41) is 8.69. The molecule has 1 unspecified atom stereocenters. The van der Waals surface area contributed by atoms with Gasteiger partial charge in [0.25, 0.3) is 0 Å². The van der Waals surface area contributed by atoms with Crippen molar-refractivity contribution in [2.75, 3.05) is 7.11 Å². The average Bonchev–Trinajstić information content (AvgIpc) is 2.26. The van der Waals surface area contributed by atoms with Crippen LogP contribution in [0, 0.1) is 11.7 Å². The van der Waals surface area contributed by atoms with Gasteiger partial charge in [-0.05, 0) is 25.1 Å². The van der Waals surface area contributed by atoms with Gasteiger partial charge in [-0.15, -0.1) is 0 Å². The predicted octanol–water partition coefficient (Wildman–Crippen LogP) is 1.74. The van der Waals surface area contributed by atoms with Gasteiger partial charge in [-0.1, -0.05) is 0 Å². The number of Topliss-reactive ketones (excluding diaryl/α,β-unsaturated/α-hetero) is 1. The van der Waals surface area contributed by atoms with Crippen molar-refractivity contribution in [1.29, 1.82) is 0 Å². The van der Waals surface area contributed by atoms with E-state index in [2.05, 4.69) is 0 Å². The van der Waals surface area contributed by atoms with Crippen LogP contribution in [0.25, 0.3) is 0 Å². The molecule has 0 saturated carbocycles. The van der Waals surface area contributed by atoms with Crippen molar-refractivity contribution in [2.24, 2.45) is 5.92 Å². The molecule has 1 aromatic carbocycles. The Hall–Kier alpha value is -1.91. The number of methoxy groups -OCH3 is 1. The van der Waals surface area contributed by atoms with E-state index in [1.165, 1.54) is 20.1 Å². The van der Waals surface area contributed by atoms with Crippen molar-refractivity contribution in [1.82, 2.24) is 0 Å². The molecule has 1 atom stereocenters. The van der Waals surface area contributed by atoms with Crippen LogP contribution < -0.4 is 4.74 Å².